The minimum atomic E-state index is -4.41. The number of hydrogen-bond acceptors (Lipinski definition) is 8. The first-order valence-electron chi connectivity index (χ1n) is 8.73. The van der Waals surface area contributed by atoms with Crippen LogP contribution in [0, 0.1) is 0 Å². The van der Waals surface area contributed by atoms with Crippen LogP contribution in [0.2, 0.25) is 0 Å². The summed E-state index contributed by atoms with van der Waals surface area (Å²) < 4.78 is 22.6. The van der Waals surface area contributed by atoms with Crippen molar-refractivity contribution < 1.29 is 28.6 Å². The second kappa shape index (κ2) is 9.31. The van der Waals surface area contributed by atoms with Crippen molar-refractivity contribution in [3.63, 3.8) is 0 Å². The Bertz CT molecular complexity index is 1050. The number of amides is 1. The van der Waals surface area contributed by atoms with Crippen molar-refractivity contribution in [3.05, 3.63) is 53.6 Å². The Balaban J connectivity index is 1.77. The van der Waals surface area contributed by atoms with E-state index >= 15 is 0 Å². The molecule has 2 heterocycles. The van der Waals surface area contributed by atoms with Crippen LogP contribution in [-0.4, -0.2) is 36.7 Å². The van der Waals surface area contributed by atoms with Crippen LogP contribution >= 0.6 is 18.9 Å². The van der Waals surface area contributed by atoms with E-state index in [0.29, 0.717) is 22.2 Å². The maximum atomic E-state index is 12.6. The normalized spacial score (nSPS) is 11.4. The summed E-state index contributed by atoms with van der Waals surface area (Å²) in [6.07, 6.45) is 3.58. The van der Waals surface area contributed by atoms with Crippen molar-refractivity contribution in [2.24, 2.45) is 0 Å². The second-order valence-electron chi connectivity index (χ2n) is 6.34. The van der Waals surface area contributed by atoms with E-state index in [2.05, 4.69) is 20.3 Å². The van der Waals surface area contributed by atoms with Gasteiger partial charge < -0.3 is 19.3 Å². The van der Waals surface area contributed by atoms with Crippen LogP contribution in [-0.2, 0) is 11.2 Å². The van der Waals surface area contributed by atoms with Gasteiger partial charge in [0.2, 0.25) is 0 Å². The summed E-state index contributed by atoms with van der Waals surface area (Å²) in [5.41, 5.74) is 0.316. The molecule has 1 aromatic carbocycles. The number of nitrogens with zero attached hydrogens (tertiary/aromatic N) is 3. The van der Waals surface area contributed by atoms with Crippen molar-refractivity contribution in [2.75, 3.05) is 5.32 Å². The Hall–Kier alpha value is -2.85. The van der Waals surface area contributed by atoms with Crippen LogP contribution in [0.5, 0.6) is 11.5 Å². The number of thiazole rings is 1. The van der Waals surface area contributed by atoms with Gasteiger partial charge >= 0.3 is 7.60 Å². The minimum absolute atomic E-state index is 0.0693. The average molecular weight is 450 g/mol. The van der Waals surface area contributed by atoms with Crippen LogP contribution in [0.1, 0.15) is 30.0 Å². The van der Waals surface area contributed by atoms with Crippen molar-refractivity contribution in [2.45, 2.75) is 26.6 Å². The highest BCUT2D eigenvalue weighted by Crippen LogP contribution is 2.32. The van der Waals surface area contributed by atoms with E-state index in [4.69, 9.17) is 19.3 Å². The van der Waals surface area contributed by atoms with E-state index in [9.17, 15) is 9.36 Å². The second-order valence-corrected chi connectivity index (χ2v) is 8.84. The zero-order valence-corrected chi connectivity index (χ0v) is 17.8. The van der Waals surface area contributed by atoms with E-state index in [1.165, 1.54) is 11.3 Å². The number of aromatic nitrogens is 3. The molecule has 0 aliphatic heterocycles. The monoisotopic (exact) mass is 450 g/mol. The molecule has 2 aromatic heterocycles. The Labute approximate surface area is 176 Å². The molecule has 3 aromatic rings. The first kappa shape index (κ1) is 21.8. The molecular weight excluding hydrogens is 431 g/mol. The summed E-state index contributed by atoms with van der Waals surface area (Å²) in [6, 6.07) is 4.77. The maximum absolute atomic E-state index is 12.6. The minimum Gasteiger partial charge on any atom is -0.491 e. The van der Waals surface area contributed by atoms with E-state index < -0.39 is 7.60 Å². The van der Waals surface area contributed by atoms with E-state index in [-0.39, 0.29) is 29.7 Å². The molecule has 0 atom stereocenters. The molecular formula is C18H19N4O6PS. The number of hydrogen-bond donors (Lipinski definition) is 3. The predicted octanol–water partition coefficient (Wildman–Crippen LogP) is 2.35. The Kier molecular flexibility index (Phi) is 6.78. The zero-order chi connectivity index (χ0) is 21.7. The molecule has 30 heavy (non-hydrogen) atoms. The Morgan fingerprint density at radius 2 is 1.87 bits per heavy atom. The van der Waals surface area contributed by atoms with Crippen molar-refractivity contribution in [1.82, 2.24) is 15.0 Å². The third-order valence-corrected chi connectivity index (χ3v) is 5.15. The molecule has 0 aliphatic rings. The Morgan fingerprint density at radius 1 is 1.17 bits per heavy atom. The van der Waals surface area contributed by atoms with E-state index in [1.807, 2.05) is 13.8 Å². The molecule has 0 bridgehead atoms. The van der Waals surface area contributed by atoms with Gasteiger partial charge in [0.1, 0.15) is 23.4 Å². The number of carbonyl (C=O) groups excluding carboxylic acids is 1. The average Bonchev–Trinajstić information content (AvgIpc) is 3.18. The number of ether oxygens (including phenoxy) is 2. The lowest BCUT2D eigenvalue weighted by Gasteiger charge is -2.14. The third kappa shape index (κ3) is 6.07. The van der Waals surface area contributed by atoms with Gasteiger partial charge in [-0.25, -0.2) is 15.0 Å². The van der Waals surface area contributed by atoms with Gasteiger partial charge in [-0.1, -0.05) is 0 Å². The zero-order valence-electron chi connectivity index (χ0n) is 16.1. The largest absolute Gasteiger partial charge is 0.491 e. The molecule has 0 fully saturated rings. The highest BCUT2D eigenvalue weighted by molar-refractivity contribution is 7.60. The first-order valence-corrected chi connectivity index (χ1v) is 11.2. The van der Waals surface area contributed by atoms with Gasteiger partial charge in [0.25, 0.3) is 5.91 Å². The van der Waals surface area contributed by atoms with Crippen molar-refractivity contribution in [3.8, 4) is 11.5 Å². The fourth-order valence-electron chi connectivity index (χ4n) is 2.30. The maximum Gasteiger partial charge on any atom is 0.359 e. The third-order valence-electron chi connectivity index (χ3n) is 3.56. The van der Waals surface area contributed by atoms with Crippen LogP contribution in [0.15, 0.2) is 42.2 Å². The predicted molar refractivity (Wildman–Crippen MR) is 110 cm³/mol. The molecule has 158 valence electrons. The summed E-state index contributed by atoms with van der Waals surface area (Å²) in [4.78, 5) is 42.6. The molecule has 0 aliphatic carbocycles. The highest BCUT2D eigenvalue weighted by atomic mass is 32.1. The van der Waals surface area contributed by atoms with Gasteiger partial charge in [0, 0.05) is 35.6 Å². The fourth-order valence-corrected chi connectivity index (χ4v) is 3.24. The lowest BCUT2D eigenvalue weighted by atomic mass is 10.2. The fraction of sp³-hybridized carbons (Fsp3) is 0.222. The molecule has 3 rings (SSSR count). The lowest BCUT2D eigenvalue weighted by Crippen LogP contribution is -2.13. The topological polar surface area (TPSA) is 144 Å². The number of nitrogens with one attached hydrogen (secondary N) is 1. The summed E-state index contributed by atoms with van der Waals surface area (Å²) in [5.74, 6) is 0.645. The van der Waals surface area contributed by atoms with Gasteiger partial charge in [0.05, 0.1) is 6.10 Å². The molecule has 3 N–H and O–H groups in total. The van der Waals surface area contributed by atoms with E-state index in [1.54, 1.807) is 29.8 Å². The van der Waals surface area contributed by atoms with Gasteiger partial charge in [-0.05, 0) is 26.0 Å². The molecule has 12 heteroatoms. The lowest BCUT2D eigenvalue weighted by molar-refractivity contribution is 0.102. The number of rotatable bonds is 8. The van der Waals surface area contributed by atoms with Crippen LogP contribution in [0.3, 0.4) is 0 Å². The van der Waals surface area contributed by atoms with E-state index in [0.717, 1.165) is 12.4 Å². The van der Waals surface area contributed by atoms with Gasteiger partial charge in [-0.15, -0.1) is 11.3 Å². The molecule has 0 unspecified atom stereocenters. The highest BCUT2D eigenvalue weighted by Gasteiger charge is 2.18. The van der Waals surface area contributed by atoms with Gasteiger partial charge in [-0.2, -0.15) is 0 Å². The number of anilines is 1. The number of benzene rings is 1. The molecule has 0 saturated carbocycles. The Morgan fingerprint density at radius 3 is 2.47 bits per heavy atom. The van der Waals surface area contributed by atoms with Crippen molar-refractivity contribution >= 4 is 35.3 Å². The molecule has 10 nitrogen and oxygen atoms in total. The van der Waals surface area contributed by atoms with Gasteiger partial charge in [0.15, 0.2) is 11.0 Å². The summed E-state index contributed by atoms with van der Waals surface area (Å²) >= 11 is 1.30. The summed E-state index contributed by atoms with van der Waals surface area (Å²) in [5, 5.41) is 4.64. The van der Waals surface area contributed by atoms with Gasteiger partial charge in [-0.3, -0.25) is 14.7 Å². The van der Waals surface area contributed by atoms with Crippen LogP contribution in [0.4, 0.5) is 5.13 Å². The van der Waals surface area contributed by atoms with Crippen molar-refractivity contribution in [1.29, 1.82) is 0 Å². The van der Waals surface area contributed by atoms with Crippen LogP contribution in [0.25, 0.3) is 0 Å². The smallest absolute Gasteiger partial charge is 0.359 e. The molecule has 0 saturated heterocycles. The quantitative estimate of drug-likeness (QED) is 0.441. The molecule has 1 amide bonds. The number of carbonyl (C=O) groups is 1. The molecule has 0 spiro atoms. The summed E-state index contributed by atoms with van der Waals surface area (Å²) in [6.45, 7) is 3.65. The standard InChI is InChI=1S/C18H19N4O6PS/c1-11(2)28-14-6-12(17(23)22-18-19-3-4-30-18)5-13(7-14)27-10-16-20-8-15(9-21-16)29(24,25)26/h3-9,11H,10H2,1-2H3,(H,19,22,23)(H2,24,25,26). The molecule has 0 radical (unpaired) electrons. The summed E-state index contributed by atoms with van der Waals surface area (Å²) in [7, 11) is -4.41. The SMILES string of the molecule is CC(C)Oc1cc(OCc2ncc(P(=O)(O)O)cn2)cc(C(=O)Nc2nccs2)c1. The van der Waals surface area contributed by atoms with Crippen LogP contribution < -0.4 is 20.1 Å². The first-order chi connectivity index (χ1) is 14.2.